The number of thiocarbonyl (C=S) groups is 1. The number of phenols is 2. The van der Waals surface area contributed by atoms with Crippen LogP contribution in [-0.4, -0.2) is 20.9 Å². The van der Waals surface area contributed by atoms with E-state index in [1.54, 1.807) is 12.1 Å². The second-order valence-electron chi connectivity index (χ2n) is 7.64. The number of benzene rings is 2. The van der Waals surface area contributed by atoms with Crippen LogP contribution in [0.4, 0.5) is 5.69 Å². The fourth-order valence-corrected chi connectivity index (χ4v) is 4.42. The highest BCUT2D eigenvalue weighted by Gasteiger charge is 2.47. The zero-order valence-corrected chi connectivity index (χ0v) is 15.8. The maximum absolute atomic E-state index is 10.5. The van der Waals surface area contributed by atoms with Gasteiger partial charge in [-0.2, -0.15) is 0 Å². The molecule has 1 atom stereocenters. The standard InChI is InChI=1S/C20H24N2O2S/c1-13-5-7-14(8-6-13)22-18(25)21-19(2,3)12-20(22,4)16-10-9-15(23)11-17(16)24/h5-11,23-24H,12H2,1-4H3,(H,21,25)/t20-/m1/s1. The summed E-state index contributed by atoms with van der Waals surface area (Å²) in [5.74, 6) is 0.114. The molecule has 4 nitrogen and oxygen atoms in total. The van der Waals surface area contributed by atoms with Gasteiger partial charge in [-0.25, -0.2) is 0 Å². The Balaban J connectivity index is 2.19. The lowest BCUT2D eigenvalue weighted by Gasteiger charge is -2.53. The van der Waals surface area contributed by atoms with Crippen molar-refractivity contribution < 1.29 is 10.2 Å². The highest BCUT2D eigenvalue weighted by Crippen LogP contribution is 2.45. The van der Waals surface area contributed by atoms with Crippen molar-refractivity contribution in [2.75, 3.05) is 4.90 Å². The van der Waals surface area contributed by atoms with Crippen molar-refractivity contribution in [2.45, 2.75) is 45.2 Å². The van der Waals surface area contributed by atoms with Crippen LogP contribution in [0.3, 0.4) is 0 Å². The Kier molecular flexibility index (Phi) is 4.15. The lowest BCUT2D eigenvalue weighted by Crippen LogP contribution is -2.65. The third-order valence-electron chi connectivity index (χ3n) is 4.78. The van der Waals surface area contributed by atoms with Crippen LogP contribution in [0.25, 0.3) is 0 Å². The van der Waals surface area contributed by atoms with Gasteiger partial charge in [0.05, 0.1) is 5.54 Å². The topological polar surface area (TPSA) is 55.7 Å². The predicted octanol–water partition coefficient (Wildman–Crippen LogP) is 4.18. The van der Waals surface area contributed by atoms with Crippen LogP contribution in [0.15, 0.2) is 42.5 Å². The van der Waals surface area contributed by atoms with Gasteiger partial charge in [0.15, 0.2) is 5.11 Å². The molecule has 0 saturated carbocycles. The van der Waals surface area contributed by atoms with Crippen LogP contribution in [0.2, 0.25) is 0 Å². The minimum Gasteiger partial charge on any atom is -0.508 e. The highest BCUT2D eigenvalue weighted by molar-refractivity contribution is 7.80. The smallest absolute Gasteiger partial charge is 0.174 e. The molecular weight excluding hydrogens is 332 g/mol. The third-order valence-corrected chi connectivity index (χ3v) is 5.07. The van der Waals surface area contributed by atoms with Crippen molar-refractivity contribution in [1.29, 1.82) is 0 Å². The van der Waals surface area contributed by atoms with Gasteiger partial charge < -0.3 is 20.4 Å². The van der Waals surface area contributed by atoms with Crippen LogP contribution >= 0.6 is 12.2 Å². The van der Waals surface area contributed by atoms with E-state index in [2.05, 4.69) is 43.1 Å². The van der Waals surface area contributed by atoms with Gasteiger partial charge in [0.1, 0.15) is 11.5 Å². The first kappa shape index (κ1) is 17.5. The molecule has 0 aliphatic carbocycles. The summed E-state index contributed by atoms with van der Waals surface area (Å²) in [6, 6.07) is 12.9. The van der Waals surface area contributed by atoms with Gasteiger partial charge in [-0.15, -0.1) is 0 Å². The molecule has 1 aliphatic rings. The predicted molar refractivity (Wildman–Crippen MR) is 105 cm³/mol. The summed E-state index contributed by atoms with van der Waals surface area (Å²) in [6.07, 6.45) is 0.729. The Morgan fingerprint density at radius 3 is 2.28 bits per heavy atom. The molecule has 5 heteroatoms. The molecule has 1 fully saturated rings. The average Bonchev–Trinajstić information content (AvgIpc) is 2.47. The molecule has 1 heterocycles. The van der Waals surface area contributed by atoms with Crippen LogP contribution in [0, 0.1) is 6.92 Å². The van der Waals surface area contributed by atoms with Crippen LogP contribution in [0.1, 0.15) is 38.3 Å². The van der Waals surface area contributed by atoms with Crippen LogP contribution < -0.4 is 10.2 Å². The first-order valence-electron chi connectivity index (χ1n) is 8.34. The average molecular weight is 356 g/mol. The highest BCUT2D eigenvalue weighted by atomic mass is 32.1. The van der Waals surface area contributed by atoms with Crippen molar-refractivity contribution in [2.24, 2.45) is 0 Å². The van der Waals surface area contributed by atoms with Crippen molar-refractivity contribution in [1.82, 2.24) is 5.32 Å². The zero-order valence-electron chi connectivity index (χ0n) is 15.0. The van der Waals surface area contributed by atoms with E-state index in [-0.39, 0.29) is 17.0 Å². The number of rotatable bonds is 2. The number of nitrogens with one attached hydrogen (secondary N) is 1. The van der Waals surface area contributed by atoms with E-state index in [0.717, 1.165) is 17.7 Å². The van der Waals surface area contributed by atoms with Crippen molar-refractivity contribution in [3.63, 3.8) is 0 Å². The summed E-state index contributed by atoms with van der Waals surface area (Å²) in [6.45, 7) is 8.32. The fourth-order valence-electron chi connectivity index (χ4n) is 3.84. The molecule has 0 aromatic heterocycles. The summed E-state index contributed by atoms with van der Waals surface area (Å²) in [5, 5.41) is 24.2. The minimum absolute atomic E-state index is 0.0440. The molecule has 3 N–H and O–H groups in total. The molecule has 0 amide bonds. The van der Waals surface area contributed by atoms with Gasteiger partial charge in [-0.1, -0.05) is 17.7 Å². The van der Waals surface area contributed by atoms with E-state index in [9.17, 15) is 10.2 Å². The zero-order chi connectivity index (χ0) is 18.4. The molecular formula is C20H24N2O2S. The van der Waals surface area contributed by atoms with E-state index in [1.165, 1.54) is 11.6 Å². The number of aryl methyl sites for hydroxylation is 1. The van der Waals surface area contributed by atoms with Crippen molar-refractivity contribution in [3.8, 4) is 11.5 Å². The molecule has 1 saturated heterocycles. The normalized spacial score (nSPS) is 22.6. The van der Waals surface area contributed by atoms with Gasteiger partial charge in [0.2, 0.25) is 0 Å². The minimum atomic E-state index is -0.557. The van der Waals surface area contributed by atoms with E-state index >= 15 is 0 Å². The second-order valence-corrected chi connectivity index (χ2v) is 8.02. The Hall–Kier alpha value is -2.27. The summed E-state index contributed by atoms with van der Waals surface area (Å²) in [5.41, 5.74) is 2.10. The number of hydrogen-bond donors (Lipinski definition) is 3. The quantitative estimate of drug-likeness (QED) is 0.705. The number of phenolic OH excluding ortho intramolecular Hbond substituents is 2. The monoisotopic (exact) mass is 356 g/mol. The van der Waals surface area contributed by atoms with Gasteiger partial charge >= 0.3 is 0 Å². The Bertz CT molecular complexity index is 817. The maximum atomic E-state index is 10.5. The Labute approximate surface area is 154 Å². The number of nitrogens with zero attached hydrogens (tertiary/aromatic N) is 1. The Morgan fingerprint density at radius 2 is 1.68 bits per heavy atom. The lowest BCUT2D eigenvalue weighted by molar-refractivity contribution is 0.275. The first-order chi connectivity index (χ1) is 11.6. The molecule has 1 aliphatic heterocycles. The van der Waals surface area contributed by atoms with Gasteiger partial charge in [-0.05, 0) is 70.6 Å². The second kappa shape index (κ2) is 5.92. The summed E-state index contributed by atoms with van der Waals surface area (Å²) in [7, 11) is 0. The number of aromatic hydroxyl groups is 2. The number of hydrogen-bond acceptors (Lipinski definition) is 3. The van der Waals surface area contributed by atoms with E-state index in [1.807, 2.05) is 19.1 Å². The Morgan fingerprint density at radius 1 is 1.04 bits per heavy atom. The molecule has 2 aromatic rings. The molecule has 0 bridgehead atoms. The van der Waals surface area contributed by atoms with Crippen LogP contribution in [0.5, 0.6) is 11.5 Å². The van der Waals surface area contributed by atoms with Crippen molar-refractivity contribution >= 4 is 23.0 Å². The number of anilines is 1. The molecule has 0 radical (unpaired) electrons. The van der Waals surface area contributed by atoms with Gasteiger partial charge in [-0.3, -0.25) is 0 Å². The first-order valence-corrected chi connectivity index (χ1v) is 8.75. The van der Waals surface area contributed by atoms with E-state index in [0.29, 0.717) is 5.11 Å². The van der Waals surface area contributed by atoms with Gasteiger partial charge in [0.25, 0.3) is 0 Å². The summed E-state index contributed by atoms with van der Waals surface area (Å²) in [4.78, 5) is 2.05. The third kappa shape index (κ3) is 3.16. The summed E-state index contributed by atoms with van der Waals surface area (Å²) >= 11 is 5.69. The van der Waals surface area contributed by atoms with Crippen LogP contribution in [-0.2, 0) is 5.54 Å². The summed E-state index contributed by atoms with van der Waals surface area (Å²) < 4.78 is 0. The molecule has 2 aromatic carbocycles. The lowest BCUT2D eigenvalue weighted by atomic mass is 9.76. The van der Waals surface area contributed by atoms with Gasteiger partial charge in [0, 0.05) is 22.9 Å². The molecule has 0 unspecified atom stereocenters. The fraction of sp³-hybridized carbons (Fsp3) is 0.350. The molecule has 132 valence electrons. The SMILES string of the molecule is Cc1ccc(N2C(=S)NC(C)(C)C[C@]2(C)c2ccc(O)cc2O)cc1. The molecule has 25 heavy (non-hydrogen) atoms. The van der Waals surface area contributed by atoms with E-state index in [4.69, 9.17) is 12.2 Å². The molecule has 0 spiro atoms. The largest absolute Gasteiger partial charge is 0.508 e. The van der Waals surface area contributed by atoms with Crippen molar-refractivity contribution in [3.05, 3.63) is 53.6 Å². The molecule has 3 rings (SSSR count). The maximum Gasteiger partial charge on any atom is 0.174 e. The van der Waals surface area contributed by atoms with E-state index < -0.39 is 5.54 Å².